The van der Waals surface area contributed by atoms with Gasteiger partial charge in [0.15, 0.2) is 11.6 Å². The van der Waals surface area contributed by atoms with E-state index in [1.807, 2.05) is 0 Å². The average Bonchev–Trinajstić information content (AvgIpc) is 2.96. The molecule has 2 heterocycles. The van der Waals surface area contributed by atoms with Gasteiger partial charge in [-0.15, -0.1) is 0 Å². The molecule has 0 radical (unpaired) electrons. The molecule has 30 heavy (non-hydrogen) atoms. The lowest BCUT2D eigenvalue weighted by atomic mass is 10.1. The third-order valence-corrected chi connectivity index (χ3v) is 4.95. The van der Waals surface area contributed by atoms with Crippen LogP contribution in [0.5, 0.6) is 0 Å². The number of carbonyl (C=O) groups excluding carboxylic acids is 2. The molecule has 0 bridgehead atoms. The van der Waals surface area contributed by atoms with Gasteiger partial charge >= 0.3 is 11.9 Å². The van der Waals surface area contributed by atoms with Crippen LogP contribution >= 0.6 is 0 Å². The van der Waals surface area contributed by atoms with Gasteiger partial charge in [0.1, 0.15) is 11.4 Å². The minimum absolute atomic E-state index is 0.00690. The predicted molar refractivity (Wildman–Crippen MR) is 106 cm³/mol. The van der Waals surface area contributed by atoms with Crippen LogP contribution in [0.2, 0.25) is 0 Å². The normalized spacial score (nSPS) is 17.2. The van der Waals surface area contributed by atoms with Gasteiger partial charge in [-0.3, -0.25) is 0 Å². The number of hydrogen-bond donors (Lipinski definition) is 1. The molecule has 1 aromatic rings. The number of halogens is 2. The SMILES string of the molecule is COC(=O)C1=C(C(=O)OC)N(c2cc(F)c(N3CCC(O)CC3)c(F)c2)C=CC=C1. The number of hydrogen-bond acceptors (Lipinski definition) is 7. The molecule has 7 nitrogen and oxygen atoms in total. The molecule has 0 amide bonds. The number of rotatable bonds is 4. The molecule has 160 valence electrons. The Labute approximate surface area is 172 Å². The zero-order valence-electron chi connectivity index (χ0n) is 16.6. The molecular formula is C21H22F2N2O5. The van der Waals surface area contributed by atoms with Gasteiger partial charge in [0, 0.05) is 31.4 Å². The van der Waals surface area contributed by atoms with Crippen LogP contribution in [0, 0.1) is 11.6 Å². The number of aliphatic hydroxyl groups is 1. The molecule has 0 unspecified atom stereocenters. The molecular weight excluding hydrogens is 398 g/mol. The predicted octanol–water partition coefficient (Wildman–Crippen LogP) is 2.42. The summed E-state index contributed by atoms with van der Waals surface area (Å²) in [5.41, 5.74) is -0.557. The molecule has 0 atom stereocenters. The Morgan fingerprint density at radius 3 is 2.20 bits per heavy atom. The first-order chi connectivity index (χ1) is 14.4. The summed E-state index contributed by atoms with van der Waals surface area (Å²) in [6.07, 6.45) is 6.10. The maximum atomic E-state index is 14.9. The molecule has 1 fully saturated rings. The second-order valence-corrected chi connectivity index (χ2v) is 6.79. The van der Waals surface area contributed by atoms with Crippen molar-refractivity contribution >= 4 is 23.3 Å². The van der Waals surface area contributed by atoms with Crippen molar-refractivity contribution in [2.24, 2.45) is 0 Å². The molecule has 0 saturated carbocycles. The van der Waals surface area contributed by atoms with E-state index in [4.69, 9.17) is 9.47 Å². The van der Waals surface area contributed by atoms with Gasteiger partial charge < -0.3 is 24.4 Å². The van der Waals surface area contributed by atoms with Crippen LogP contribution in [0.15, 0.2) is 47.8 Å². The smallest absolute Gasteiger partial charge is 0.355 e. The number of anilines is 2. The van der Waals surface area contributed by atoms with Crippen LogP contribution in [0.4, 0.5) is 20.2 Å². The quantitative estimate of drug-likeness (QED) is 0.750. The first-order valence-electron chi connectivity index (χ1n) is 9.34. The molecule has 0 aromatic heterocycles. The van der Waals surface area contributed by atoms with E-state index in [1.54, 1.807) is 0 Å². The van der Waals surface area contributed by atoms with Crippen LogP contribution in [0.3, 0.4) is 0 Å². The summed E-state index contributed by atoms with van der Waals surface area (Å²) in [5, 5.41) is 9.63. The van der Waals surface area contributed by atoms with Crippen molar-refractivity contribution < 1.29 is 33.0 Å². The molecule has 1 N–H and O–H groups in total. The minimum Gasteiger partial charge on any atom is -0.465 e. The Morgan fingerprint density at radius 2 is 1.63 bits per heavy atom. The Morgan fingerprint density at radius 1 is 1.03 bits per heavy atom. The number of esters is 2. The van der Waals surface area contributed by atoms with Crippen molar-refractivity contribution in [3.05, 3.63) is 59.5 Å². The maximum absolute atomic E-state index is 14.9. The lowest BCUT2D eigenvalue weighted by molar-refractivity contribution is -0.139. The first kappa shape index (κ1) is 21.5. The van der Waals surface area contributed by atoms with Crippen molar-refractivity contribution in [1.29, 1.82) is 0 Å². The lowest BCUT2D eigenvalue weighted by Gasteiger charge is -2.32. The lowest BCUT2D eigenvalue weighted by Crippen LogP contribution is -2.37. The van der Waals surface area contributed by atoms with E-state index >= 15 is 0 Å². The largest absolute Gasteiger partial charge is 0.465 e. The summed E-state index contributed by atoms with van der Waals surface area (Å²) in [4.78, 5) is 27.3. The van der Waals surface area contributed by atoms with E-state index < -0.39 is 29.7 Å². The van der Waals surface area contributed by atoms with Crippen LogP contribution < -0.4 is 9.80 Å². The Balaban J connectivity index is 2.07. The number of aliphatic hydroxyl groups excluding tert-OH is 1. The molecule has 1 aromatic carbocycles. The Hall–Kier alpha value is -3.20. The Kier molecular flexibility index (Phi) is 6.51. The highest BCUT2D eigenvalue weighted by molar-refractivity contribution is 6.05. The van der Waals surface area contributed by atoms with Crippen molar-refractivity contribution in [2.45, 2.75) is 18.9 Å². The fourth-order valence-corrected chi connectivity index (χ4v) is 3.45. The second-order valence-electron chi connectivity index (χ2n) is 6.79. The monoisotopic (exact) mass is 420 g/mol. The van der Waals surface area contributed by atoms with Crippen LogP contribution in [-0.4, -0.2) is 50.5 Å². The second kappa shape index (κ2) is 9.08. The third-order valence-electron chi connectivity index (χ3n) is 4.95. The van der Waals surface area contributed by atoms with Crippen LogP contribution in [0.1, 0.15) is 12.8 Å². The number of benzene rings is 1. The van der Waals surface area contributed by atoms with Gasteiger partial charge in [-0.2, -0.15) is 0 Å². The number of nitrogens with zero attached hydrogens (tertiary/aromatic N) is 2. The van der Waals surface area contributed by atoms with E-state index in [-0.39, 0.29) is 22.6 Å². The summed E-state index contributed by atoms with van der Waals surface area (Å²) < 4.78 is 39.4. The standard InChI is InChI=1S/C21H22F2N2O5/c1-29-20(27)15-5-3-4-8-25(18(15)21(28)30-2)13-11-16(22)19(17(23)12-13)24-9-6-14(26)7-10-24/h3-5,8,11-12,14,26H,6-7,9-10H2,1-2H3. The molecule has 0 spiro atoms. The van der Waals surface area contributed by atoms with E-state index in [1.165, 1.54) is 34.2 Å². The van der Waals surface area contributed by atoms with Gasteiger partial charge in [0.25, 0.3) is 0 Å². The van der Waals surface area contributed by atoms with Gasteiger partial charge in [0.2, 0.25) is 0 Å². The van der Waals surface area contributed by atoms with Gasteiger partial charge in [-0.05, 0) is 25.0 Å². The number of piperidine rings is 1. The first-order valence-corrected chi connectivity index (χ1v) is 9.34. The van der Waals surface area contributed by atoms with E-state index in [9.17, 15) is 23.5 Å². The molecule has 2 aliphatic rings. The summed E-state index contributed by atoms with van der Waals surface area (Å²) >= 11 is 0. The summed E-state index contributed by atoms with van der Waals surface area (Å²) in [6.45, 7) is 0.642. The number of allylic oxidation sites excluding steroid dienone is 2. The third kappa shape index (κ3) is 4.20. The molecule has 0 aliphatic carbocycles. The van der Waals surface area contributed by atoms with Crippen molar-refractivity contribution in [3.63, 3.8) is 0 Å². The Bertz CT molecular complexity index is 910. The topological polar surface area (TPSA) is 79.3 Å². The summed E-state index contributed by atoms with van der Waals surface area (Å²) in [7, 11) is 2.29. The number of methoxy groups -OCH3 is 2. The molecule has 9 heteroatoms. The summed E-state index contributed by atoms with van der Waals surface area (Å²) in [5.74, 6) is -3.32. The van der Waals surface area contributed by atoms with E-state index in [2.05, 4.69) is 0 Å². The fourth-order valence-electron chi connectivity index (χ4n) is 3.45. The fraction of sp³-hybridized carbons (Fsp3) is 0.333. The highest BCUT2D eigenvalue weighted by atomic mass is 19.1. The maximum Gasteiger partial charge on any atom is 0.355 e. The number of ether oxygens (including phenoxy) is 2. The van der Waals surface area contributed by atoms with E-state index in [0.717, 1.165) is 26.4 Å². The van der Waals surface area contributed by atoms with Crippen molar-refractivity contribution in [3.8, 4) is 0 Å². The summed E-state index contributed by atoms with van der Waals surface area (Å²) in [6, 6.07) is 2.16. The zero-order chi connectivity index (χ0) is 21.8. The molecule has 1 saturated heterocycles. The minimum atomic E-state index is -0.874. The highest BCUT2D eigenvalue weighted by Gasteiger charge is 2.29. The van der Waals surface area contributed by atoms with E-state index in [0.29, 0.717) is 25.9 Å². The van der Waals surface area contributed by atoms with Crippen LogP contribution in [-0.2, 0) is 19.1 Å². The zero-order valence-corrected chi connectivity index (χ0v) is 16.6. The van der Waals surface area contributed by atoms with Crippen LogP contribution in [0.25, 0.3) is 0 Å². The van der Waals surface area contributed by atoms with Gasteiger partial charge in [0.05, 0.1) is 31.6 Å². The number of carbonyl (C=O) groups is 2. The average molecular weight is 420 g/mol. The molecule has 3 rings (SSSR count). The van der Waals surface area contributed by atoms with Gasteiger partial charge in [-0.1, -0.05) is 6.08 Å². The molecule has 2 aliphatic heterocycles. The van der Waals surface area contributed by atoms with Crippen molar-refractivity contribution in [2.75, 3.05) is 37.1 Å². The van der Waals surface area contributed by atoms with Crippen molar-refractivity contribution in [1.82, 2.24) is 0 Å². The van der Waals surface area contributed by atoms with Gasteiger partial charge in [-0.25, -0.2) is 18.4 Å². The highest BCUT2D eigenvalue weighted by Crippen LogP contribution is 2.33.